The van der Waals surface area contributed by atoms with Crippen LogP contribution in [-0.4, -0.2) is 65.2 Å². The first-order valence-electron chi connectivity index (χ1n) is 13.6. The Morgan fingerprint density at radius 3 is 2.64 bits per heavy atom. The Balaban J connectivity index is 1.43. The SMILES string of the molecule is COc1ccc(C(=O)N2CCCCCCNC(=O)[C@@H]3C[C@@H](c4nc(Cc5ccccc5)no4)C[C@@H]32)c(OC)n1. The first kappa shape index (κ1) is 26.6. The molecule has 10 nitrogen and oxygen atoms in total. The second kappa shape index (κ2) is 12.3. The quantitative estimate of drug-likeness (QED) is 0.509. The second-order valence-corrected chi connectivity index (χ2v) is 10.2. The zero-order valence-electron chi connectivity index (χ0n) is 22.5. The summed E-state index contributed by atoms with van der Waals surface area (Å²) in [5.41, 5.74) is 1.44. The molecule has 0 radical (unpaired) electrons. The van der Waals surface area contributed by atoms with Crippen molar-refractivity contribution in [3.05, 3.63) is 65.3 Å². The van der Waals surface area contributed by atoms with Gasteiger partial charge in [-0.15, -0.1) is 0 Å². The lowest BCUT2D eigenvalue weighted by molar-refractivity contribution is -0.126. The zero-order valence-corrected chi connectivity index (χ0v) is 22.5. The van der Waals surface area contributed by atoms with E-state index in [9.17, 15) is 9.59 Å². The van der Waals surface area contributed by atoms with Crippen LogP contribution in [0.25, 0.3) is 0 Å². The summed E-state index contributed by atoms with van der Waals surface area (Å²) in [7, 11) is 3.00. The highest BCUT2D eigenvalue weighted by Gasteiger charge is 2.46. The van der Waals surface area contributed by atoms with Gasteiger partial charge in [-0.25, -0.2) is 0 Å². The molecule has 1 saturated carbocycles. The molecule has 3 atom stereocenters. The molecular weight excluding hydrogens is 498 g/mol. The average molecular weight is 534 g/mol. The molecule has 0 bridgehead atoms. The van der Waals surface area contributed by atoms with Crippen molar-refractivity contribution < 1.29 is 23.6 Å². The third-order valence-electron chi connectivity index (χ3n) is 7.66. The van der Waals surface area contributed by atoms with Crippen LogP contribution in [0.5, 0.6) is 11.8 Å². The summed E-state index contributed by atoms with van der Waals surface area (Å²) in [6.45, 7) is 1.18. The van der Waals surface area contributed by atoms with Gasteiger partial charge in [0.1, 0.15) is 5.56 Å². The normalized spacial score (nSPS) is 21.9. The van der Waals surface area contributed by atoms with Crippen molar-refractivity contribution in [2.45, 2.75) is 56.9 Å². The van der Waals surface area contributed by atoms with E-state index in [1.165, 1.54) is 14.2 Å². The predicted molar refractivity (Wildman–Crippen MR) is 143 cm³/mol. The van der Waals surface area contributed by atoms with Gasteiger partial charge in [-0.3, -0.25) is 9.59 Å². The molecule has 2 amide bonds. The number of ether oxygens (including phenoxy) is 2. The molecule has 0 unspecified atom stereocenters. The lowest BCUT2D eigenvalue weighted by atomic mass is 9.99. The molecule has 1 aliphatic carbocycles. The molecule has 2 fully saturated rings. The van der Waals surface area contributed by atoms with Crippen molar-refractivity contribution >= 4 is 11.8 Å². The standard InChI is InChI=1S/C29H35N5O5/c1-37-25-13-12-21(28(32-25)38-2)29(36)34-15-9-4-3-8-14-30-26(35)22-17-20(18-23(22)34)27-31-24(33-39-27)16-19-10-6-5-7-11-19/h5-7,10-13,20,22-23H,3-4,8-9,14-18H2,1-2H3,(H,30,35)/t20-,22-,23+/m1/s1. The van der Waals surface area contributed by atoms with Crippen LogP contribution < -0.4 is 14.8 Å². The van der Waals surface area contributed by atoms with Gasteiger partial charge in [0.15, 0.2) is 5.82 Å². The van der Waals surface area contributed by atoms with Crippen LogP contribution in [-0.2, 0) is 11.2 Å². The summed E-state index contributed by atoms with van der Waals surface area (Å²) in [6, 6.07) is 13.0. The average Bonchev–Trinajstić information content (AvgIpc) is 3.61. The number of carbonyl (C=O) groups excluding carboxylic acids is 2. The van der Waals surface area contributed by atoms with E-state index < -0.39 is 5.92 Å². The highest BCUT2D eigenvalue weighted by Crippen LogP contribution is 2.42. The van der Waals surface area contributed by atoms with E-state index in [0.29, 0.717) is 55.5 Å². The molecular formula is C29H35N5O5. The molecule has 1 N–H and O–H groups in total. The van der Waals surface area contributed by atoms with E-state index >= 15 is 0 Å². The number of benzene rings is 1. The molecule has 3 heterocycles. The number of hydrogen-bond acceptors (Lipinski definition) is 8. The Labute approximate surface area is 228 Å². The maximum Gasteiger partial charge on any atom is 0.259 e. The minimum atomic E-state index is -0.390. The largest absolute Gasteiger partial charge is 0.481 e. The zero-order chi connectivity index (χ0) is 27.2. The molecule has 2 aliphatic rings. The monoisotopic (exact) mass is 533 g/mol. The van der Waals surface area contributed by atoms with E-state index in [0.717, 1.165) is 31.2 Å². The van der Waals surface area contributed by atoms with Crippen molar-refractivity contribution in [3.8, 4) is 11.8 Å². The second-order valence-electron chi connectivity index (χ2n) is 10.2. The Bertz CT molecular complexity index is 1280. The van der Waals surface area contributed by atoms with Gasteiger partial charge in [0.25, 0.3) is 5.91 Å². The fourth-order valence-corrected chi connectivity index (χ4v) is 5.66. The van der Waals surface area contributed by atoms with Crippen molar-refractivity contribution in [1.82, 2.24) is 25.3 Å². The summed E-state index contributed by atoms with van der Waals surface area (Å²) in [5, 5.41) is 7.31. The summed E-state index contributed by atoms with van der Waals surface area (Å²) >= 11 is 0. The minimum Gasteiger partial charge on any atom is -0.481 e. The highest BCUT2D eigenvalue weighted by molar-refractivity contribution is 5.97. The van der Waals surface area contributed by atoms with E-state index in [2.05, 4.69) is 20.4 Å². The van der Waals surface area contributed by atoms with Gasteiger partial charge in [-0.05, 0) is 37.3 Å². The molecule has 206 valence electrons. The molecule has 1 aliphatic heterocycles. The van der Waals surface area contributed by atoms with Gasteiger partial charge in [-0.2, -0.15) is 9.97 Å². The number of hydrogen-bond donors (Lipinski definition) is 1. The van der Waals surface area contributed by atoms with Crippen LogP contribution in [0.1, 0.15) is 72.1 Å². The van der Waals surface area contributed by atoms with Crippen LogP contribution in [0.4, 0.5) is 0 Å². The molecule has 3 aromatic rings. The number of nitrogens with one attached hydrogen (secondary N) is 1. The highest BCUT2D eigenvalue weighted by atomic mass is 16.5. The third-order valence-corrected chi connectivity index (χ3v) is 7.66. The molecule has 1 saturated heterocycles. The van der Waals surface area contributed by atoms with Crippen LogP contribution in [0.15, 0.2) is 47.0 Å². The number of aromatic nitrogens is 3. The summed E-state index contributed by atoms with van der Waals surface area (Å²) < 4.78 is 16.4. The minimum absolute atomic E-state index is 0.0361. The maximum absolute atomic E-state index is 14.0. The number of methoxy groups -OCH3 is 2. The van der Waals surface area contributed by atoms with Crippen LogP contribution >= 0.6 is 0 Å². The lowest BCUT2D eigenvalue weighted by Gasteiger charge is -2.33. The van der Waals surface area contributed by atoms with E-state index in [4.69, 9.17) is 14.0 Å². The first-order valence-corrected chi connectivity index (χ1v) is 13.6. The van der Waals surface area contributed by atoms with E-state index in [-0.39, 0.29) is 29.7 Å². The number of pyridine rings is 1. The van der Waals surface area contributed by atoms with Gasteiger partial charge in [0.2, 0.25) is 23.6 Å². The summed E-state index contributed by atoms with van der Waals surface area (Å²) in [4.78, 5) is 38.2. The smallest absolute Gasteiger partial charge is 0.259 e. The molecule has 39 heavy (non-hydrogen) atoms. The summed E-state index contributed by atoms with van der Waals surface area (Å²) in [6.07, 6.45) is 5.41. The van der Waals surface area contributed by atoms with E-state index in [1.54, 1.807) is 12.1 Å². The molecule has 1 aromatic carbocycles. The lowest BCUT2D eigenvalue weighted by Crippen LogP contribution is -2.47. The number of fused-ring (bicyclic) bond motifs is 1. The van der Waals surface area contributed by atoms with Gasteiger partial charge >= 0.3 is 0 Å². The molecule has 10 heteroatoms. The van der Waals surface area contributed by atoms with Crippen LogP contribution in [0.2, 0.25) is 0 Å². The number of amides is 2. The topological polar surface area (TPSA) is 120 Å². The third kappa shape index (κ3) is 6.05. The Morgan fingerprint density at radius 2 is 1.85 bits per heavy atom. The van der Waals surface area contributed by atoms with Crippen LogP contribution in [0, 0.1) is 5.92 Å². The van der Waals surface area contributed by atoms with Gasteiger partial charge in [-0.1, -0.05) is 48.3 Å². The van der Waals surface area contributed by atoms with Crippen LogP contribution in [0.3, 0.4) is 0 Å². The molecule has 0 spiro atoms. The maximum atomic E-state index is 14.0. The fraction of sp³-hybridized carbons (Fsp3) is 0.483. The summed E-state index contributed by atoms with van der Waals surface area (Å²) in [5.74, 6) is 0.927. The predicted octanol–water partition coefficient (Wildman–Crippen LogP) is 3.77. The number of carbonyl (C=O) groups is 2. The van der Waals surface area contributed by atoms with Crippen molar-refractivity contribution in [2.75, 3.05) is 27.3 Å². The van der Waals surface area contributed by atoms with Crippen molar-refractivity contribution in [1.29, 1.82) is 0 Å². The Morgan fingerprint density at radius 1 is 1.03 bits per heavy atom. The van der Waals surface area contributed by atoms with Crippen molar-refractivity contribution in [3.63, 3.8) is 0 Å². The van der Waals surface area contributed by atoms with Gasteiger partial charge in [0.05, 0.1) is 20.1 Å². The van der Waals surface area contributed by atoms with Crippen molar-refractivity contribution in [2.24, 2.45) is 5.92 Å². The van der Waals surface area contributed by atoms with E-state index in [1.807, 2.05) is 35.2 Å². The first-order chi connectivity index (χ1) is 19.1. The van der Waals surface area contributed by atoms with Gasteiger partial charge < -0.3 is 24.2 Å². The number of nitrogens with zero attached hydrogens (tertiary/aromatic N) is 4. The molecule has 2 aromatic heterocycles. The Hall–Kier alpha value is -3.95. The Kier molecular flexibility index (Phi) is 8.39. The van der Waals surface area contributed by atoms with Gasteiger partial charge in [0, 0.05) is 37.5 Å². The fourth-order valence-electron chi connectivity index (χ4n) is 5.66. The molecule has 5 rings (SSSR count). The number of rotatable bonds is 6.